The fourth-order valence-electron chi connectivity index (χ4n) is 5.73. The first-order valence-corrected chi connectivity index (χ1v) is 17.3. The third-order valence-electron chi connectivity index (χ3n) is 8.32. The molecule has 0 N–H and O–H groups in total. The highest BCUT2D eigenvalue weighted by molar-refractivity contribution is 5.21. The van der Waals surface area contributed by atoms with E-state index in [4.69, 9.17) is 0 Å². The summed E-state index contributed by atoms with van der Waals surface area (Å²) in [5, 5.41) is 0. The smallest absolute Gasteiger partial charge is 0.172 e. The number of aromatic nitrogens is 1. The van der Waals surface area contributed by atoms with Crippen molar-refractivity contribution in [2.75, 3.05) is 0 Å². The second kappa shape index (κ2) is 26.7. The van der Waals surface area contributed by atoms with E-state index in [-0.39, 0.29) is 0 Å². The molecule has 0 aromatic carbocycles. The van der Waals surface area contributed by atoms with E-state index in [0.29, 0.717) is 0 Å². The second-order valence-corrected chi connectivity index (χ2v) is 12.0. The minimum Gasteiger partial charge on any atom is -0.205 e. The number of aryl methyl sites for hydroxylation is 3. The summed E-state index contributed by atoms with van der Waals surface area (Å²) in [5.41, 5.74) is 3.31. The van der Waals surface area contributed by atoms with Gasteiger partial charge in [-0.3, -0.25) is 0 Å². The van der Waals surface area contributed by atoms with Gasteiger partial charge in [-0.2, -0.15) is 0 Å². The van der Waals surface area contributed by atoms with Crippen LogP contribution >= 0.6 is 0 Å². The Morgan fingerprint density at radius 2 is 0.757 bits per heavy atom. The first-order chi connectivity index (χ1) is 18.3. The highest BCUT2D eigenvalue weighted by Crippen LogP contribution is 2.17. The van der Waals surface area contributed by atoms with Gasteiger partial charge < -0.3 is 0 Å². The number of rotatable bonds is 28. The number of hydrogen-bond donors (Lipinski definition) is 0. The molecular formula is C36H68N+. The minimum atomic E-state index is 1.21. The second-order valence-electron chi connectivity index (χ2n) is 12.0. The van der Waals surface area contributed by atoms with Gasteiger partial charge in [-0.1, -0.05) is 156 Å². The fraction of sp³-hybridized carbons (Fsp3) is 0.861. The van der Waals surface area contributed by atoms with Gasteiger partial charge in [0.15, 0.2) is 12.4 Å². The topological polar surface area (TPSA) is 3.88 Å². The van der Waals surface area contributed by atoms with E-state index in [1.165, 1.54) is 180 Å². The Morgan fingerprint density at radius 1 is 0.405 bits per heavy atom. The van der Waals surface area contributed by atoms with Crippen molar-refractivity contribution < 1.29 is 4.57 Å². The predicted octanol–water partition coefficient (Wildman–Crippen LogP) is 11.9. The minimum absolute atomic E-state index is 1.21. The van der Waals surface area contributed by atoms with Gasteiger partial charge in [-0.25, -0.2) is 4.57 Å². The Labute approximate surface area is 234 Å². The molecule has 0 aliphatic carbocycles. The van der Waals surface area contributed by atoms with Crippen LogP contribution in [-0.2, 0) is 19.4 Å². The Balaban J connectivity index is 2.35. The van der Waals surface area contributed by atoms with Crippen molar-refractivity contribution in [1.82, 2.24) is 0 Å². The van der Waals surface area contributed by atoms with Crippen LogP contribution in [0.15, 0.2) is 18.5 Å². The lowest BCUT2D eigenvalue weighted by Gasteiger charge is -2.10. The summed E-state index contributed by atoms with van der Waals surface area (Å²) in [7, 11) is 0. The average Bonchev–Trinajstić information content (AvgIpc) is 2.91. The number of hydrogen-bond acceptors (Lipinski definition) is 0. The normalized spacial score (nSPS) is 11.4. The molecule has 0 spiro atoms. The number of unbranched alkanes of at least 4 members (excludes halogenated alkanes) is 22. The Bertz CT molecular complexity index is 592. The first-order valence-electron chi connectivity index (χ1n) is 17.3. The maximum Gasteiger partial charge on any atom is 0.172 e. The van der Waals surface area contributed by atoms with Crippen molar-refractivity contribution in [3.05, 3.63) is 29.6 Å². The van der Waals surface area contributed by atoms with Crippen molar-refractivity contribution >= 4 is 0 Å². The van der Waals surface area contributed by atoms with Crippen LogP contribution in [0.2, 0.25) is 0 Å². The van der Waals surface area contributed by atoms with E-state index in [9.17, 15) is 0 Å². The molecule has 1 nitrogen and oxygen atoms in total. The molecule has 1 heteroatoms. The Kier molecular flexibility index (Phi) is 24.7. The molecule has 1 aromatic heterocycles. The van der Waals surface area contributed by atoms with Crippen molar-refractivity contribution in [2.45, 2.75) is 201 Å². The fourth-order valence-corrected chi connectivity index (χ4v) is 5.73. The van der Waals surface area contributed by atoms with Gasteiger partial charge in [0.1, 0.15) is 6.54 Å². The Morgan fingerprint density at radius 3 is 1.19 bits per heavy atom. The Hall–Kier alpha value is -0.850. The van der Waals surface area contributed by atoms with Gasteiger partial charge >= 0.3 is 0 Å². The molecule has 0 atom stereocenters. The maximum atomic E-state index is 2.53. The van der Waals surface area contributed by atoms with Gasteiger partial charge in [0.25, 0.3) is 0 Å². The van der Waals surface area contributed by atoms with E-state index in [1.54, 1.807) is 11.1 Å². The molecule has 1 heterocycles. The predicted molar refractivity (Wildman–Crippen MR) is 166 cm³/mol. The van der Waals surface area contributed by atoms with Crippen molar-refractivity contribution in [1.29, 1.82) is 0 Å². The molecule has 216 valence electrons. The van der Waals surface area contributed by atoms with Crippen molar-refractivity contribution in [2.24, 2.45) is 0 Å². The van der Waals surface area contributed by atoms with Crippen LogP contribution in [0.3, 0.4) is 0 Å². The van der Waals surface area contributed by atoms with Crippen LogP contribution in [0, 0.1) is 0 Å². The van der Waals surface area contributed by atoms with Crippen LogP contribution in [0.25, 0.3) is 0 Å². The highest BCUT2D eigenvalue weighted by atomic mass is 14.9. The van der Waals surface area contributed by atoms with E-state index in [1.807, 2.05) is 0 Å². The summed E-state index contributed by atoms with van der Waals surface area (Å²) in [4.78, 5) is 0. The third-order valence-corrected chi connectivity index (χ3v) is 8.32. The van der Waals surface area contributed by atoms with Crippen LogP contribution in [0.5, 0.6) is 0 Å². The van der Waals surface area contributed by atoms with Gasteiger partial charge in [-0.15, -0.1) is 0 Å². The molecular weight excluding hydrogens is 446 g/mol. The van der Waals surface area contributed by atoms with Gasteiger partial charge in [-0.05, 0) is 37.7 Å². The maximum absolute atomic E-state index is 2.53. The highest BCUT2D eigenvalue weighted by Gasteiger charge is 2.10. The molecule has 37 heavy (non-hydrogen) atoms. The molecule has 1 rings (SSSR count). The molecule has 1 aromatic rings. The van der Waals surface area contributed by atoms with Gasteiger partial charge in [0.2, 0.25) is 0 Å². The van der Waals surface area contributed by atoms with Crippen molar-refractivity contribution in [3.63, 3.8) is 0 Å². The van der Waals surface area contributed by atoms with Gasteiger partial charge in [0, 0.05) is 18.1 Å². The zero-order chi connectivity index (χ0) is 26.7. The lowest BCUT2D eigenvalue weighted by atomic mass is 9.97. The quantitative estimate of drug-likeness (QED) is 0.0773. The van der Waals surface area contributed by atoms with E-state index in [2.05, 4.69) is 43.8 Å². The van der Waals surface area contributed by atoms with E-state index >= 15 is 0 Å². The first kappa shape index (κ1) is 34.2. The van der Waals surface area contributed by atoms with Crippen LogP contribution in [0.4, 0.5) is 0 Å². The molecule has 0 amide bonds. The molecule has 0 aliphatic rings. The van der Waals surface area contributed by atoms with Crippen molar-refractivity contribution in [3.8, 4) is 0 Å². The SMILES string of the molecule is CCCCCCCCCCCCC[n+]1ccc(CCCCCCCCC)c(CCCCCCCCC)c1. The number of pyridine rings is 1. The molecule has 0 saturated carbocycles. The molecule has 0 aliphatic heterocycles. The zero-order valence-electron chi connectivity index (χ0n) is 26.0. The summed E-state index contributed by atoms with van der Waals surface area (Å²) < 4.78 is 2.51. The monoisotopic (exact) mass is 515 g/mol. The lowest BCUT2D eigenvalue weighted by molar-refractivity contribution is -0.697. The summed E-state index contributed by atoms with van der Waals surface area (Å²) >= 11 is 0. The number of nitrogens with zero attached hydrogens (tertiary/aromatic N) is 1. The van der Waals surface area contributed by atoms with Gasteiger partial charge in [0.05, 0.1) is 0 Å². The van der Waals surface area contributed by atoms with Crippen LogP contribution < -0.4 is 4.57 Å². The molecule has 0 bridgehead atoms. The van der Waals surface area contributed by atoms with E-state index in [0.717, 1.165) is 0 Å². The standard InChI is InChI=1S/C36H68N/c1-4-7-10-13-16-17-18-19-22-25-28-32-37-33-31-35(29-26-23-20-14-11-8-5-2)36(34-37)30-27-24-21-15-12-9-6-3/h31,33-34H,4-30,32H2,1-3H3/q+1. The molecule has 0 radical (unpaired) electrons. The molecule has 0 fully saturated rings. The summed E-state index contributed by atoms with van der Waals surface area (Å²) in [6.07, 6.45) is 42.9. The molecule has 0 unspecified atom stereocenters. The third kappa shape index (κ3) is 20.7. The summed E-state index contributed by atoms with van der Waals surface area (Å²) in [6.45, 7) is 8.14. The molecule has 0 saturated heterocycles. The summed E-state index contributed by atoms with van der Waals surface area (Å²) in [5.74, 6) is 0. The average molecular weight is 515 g/mol. The largest absolute Gasteiger partial charge is 0.205 e. The van der Waals surface area contributed by atoms with E-state index < -0.39 is 0 Å². The van der Waals surface area contributed by atoms with Crippen LogP contribution in [-0.4, -0.2) is 0 Å². The summed E-state index contributed by atoms with van der Waals surface area (Å²) in [6, 6.07) is 2.48. The lowest BCUT2D eigenvalue weighted by Crippen LogP contribution is -2.34. The zero-order valence-corrected chi connectivity index (χ0v) is 26.0. The van der Waals surface area contributed by atoms with Crippen LogP contribution in [0.1, 0.15) is 192 Å².